The zero-order chi connectivity index (χ0) is 25.5. The molecule has 0 atom stereocenters. The maximum Gasteiger partial charge on any atom is 0.251 e. The van der Waals surface area contributed by atoms with Gasteiger partial charge in [-0.25, -0.2) is 4.98 Å². The van der Waals surface area contributed by atoms with Gasteiger partial charge in [0.15, 0.2) is 0 Å². The van der Waals surface area contributed by atoms with Crippen LogP contribution in [0.25, 0.3) is 11.0 Å². The van der Waals surface area contributed by atoms with Crippen LogP contribution < -0.4 is 14.8 Å². The Kier molecular flexibility index (Phi) is 8.26. The van der Waals surface area contributed by atoms with Gasteiger partial charge in [0.05, 0.1) is 31.3 Å². The molecular formula is C30H35N3O3. The van der Waals surface area contributed by atoms with Crippen LogP contribution in [0.4, 0.5) is 0 Å². The van der Waals surface area contributed by atoms with Crippen molar-refractivity contribution in [3.63, 3.8) is 0 Å². The number of ether oxygens (including phenoxy) is 2. The molecule has 1 heterocycles. The highest BCUT2D eigenvalue weighted by atomic mass is 16.5. The number of benzene rings is 3. The Labute approximate surface area is 213 Å². The maximum absolute atomic E-state index is 12.7. The zero-order valence-corrected chi connectivity index (χ0v) is 21.6. The summed E-state index contributed by atoms with van der Waals surface area (Å²) in [5.41, 5.74) is 5.06. The molecular weight excluding hydrogens is 450 g/mol. The molecule has 0 bridgehead atoms. The first kappa shape index (κ1) is 25.3. The summed E-state index contributed by atoms with van der Waals surface area (Å²) < 4.78 is 13.5. The summed E-state index contributed by atoms with van der Waals surface area (Å²) in [6.07, 6.45) is 1.87. The van der Waals surface area contributed by atoms with Gasteiger partial charge < -0.3 is 19.4 Å². The fourth-order valence-electron chi connectivity index (χ4n) is 4.31. The zero-order valence-electron chi connectivity index (χ0n) is 21.6. The van der Waals surface area contributed by atoms with Crippen molar-refractivity contribution >= 4 is 16.9 Å². The van der Waals surface area contributed by atoms with Crippen LogP contribution in [-0.4, -0.2) is 29.2 Å². The fourth-order valence-corrected chi connectivity index (χ4v) is 4.31. The van der Waals surface area contributed by atoms with Crippen molar-refractivity contribution in [1.82, 2.24) is 14.9 Å². The predicted octanol–water partition coefficient (Wildman–Crippen LogP) is 6.27. The number of carbonyl (C=O) groups is 1. The third-order valence-electron chi connectivity index (χ3n) is 6.32. The molecule has 6 nitrogen and oxygen atoms in total. The highest BCUT2D eigenvalue weighted by Crippen LogP contribution is 2.27. The van der Waals surface area contributed by atoms with Crippen LogP contribution in [0.1, 0.15) is 59.9 Å². The second-order valence-electron chi connectivity index (χ2n) is 9.33. The van der Waals surface area contributed by atoms with Gasteiger partial charge in [0, 0.05) is 12.1 Å². The normalized spacial score (nSPS) is 11.1. The van der Waals surface area contributed by atoms with Crippen molar-refractivity contribution in [2.75, 3.05) is 13.7 Å². The van der Waals surface area contributed by atoms with Crippen LogP contribution in [0.3, 0.4) is 0 Å². The van der Waals surface area contributed by atoms with Crippen molar-refractivity contribution in [3.05, 3.63) is 89.2 Å². The maximum atomic E-state index is 12.7. The number of carbonyl (C=O) groups excluding carboxylic acids is 1. The number of para-hydroxylation sites is 2. The average Bonchev–Trinajstić information content (AvgIpc) is 3.24. The molecule has 3 aromatic carbocycles. The first-order chi connectivity index (χ1) is 17.5. The number of nitrogens with zero attached hydrogens (tertiary/aromatic N) is 2. The second-order valence-corrected chi connectivity index (χ2v) is 9.33. The van der Waals surface area contributed by atoms with Gasteiger partial charge in [-0.2, -0.15) is 0 Å². The summed E-state index contributed by atoms with van der Waals surface area (Å²) in [5, 5.41) is 3.01. The number of aromatic nitrogens is 2. The second kappa shape index (κ2) is 11.8. The number of unbranched alkanes of at least 4 members (excludes halogenated alkanes) is 1. The van der Waals surface area contributed by atoms with Crippen LogP contribution in [0.5, 0.6) is 11.5 Å². The van der Waals surface area contributed by atoms with Crippen molar-refractivity contribution < 1.29 is 14.3 Å². The largest absolute Gasteiger partial charge is 0.497 e. The molecule has 6 heteroatoms. The van der Waals surface area contributed by atoms with E-state index in [0.29, 0.717) is 24.6 Å². The molecule has 1 N–H and O–H groups in total. The lowest BCUT2D eigenvalue weighted by Crippen LogP contribution is -2.24. The number of nitrogens with one attached hydrogen (secondary N) is 1. The van der Waals surface area contributed by atoms with Crippen LogP contribution in [0.2, 0.25) is 0 Å². The minimum atomic E-state index is -0.135. The van der Waals surface area contributed by atoms with Gasteiger partial charge in [0.25, 0.3) is 5.91 Å². The number of rotatable bonds is 11. The monoisotopic (exact) mass is 485 g/mol. The molecule has 0 unspecified atom stereocenters. The molecule has 0 spiro atoms. The van der Waals surface area contributed by atoms with Gasteiger partial charge in [-0.05, 0) is 79.3 Å². The molecule has 0 fully saturated rings. The lowest BCUT2D eigenvalue weighted by molar-refractivity contribution is 0.0949. The van der Waals surface area contributed by atoms with E-state index in [9.17, 15) is 4.79 Å². The molecule has 0 aliphatic carbocycles. The Balaban J connectivity index is 1.38. The van der Waals surface area contributed by atoms with Gasteiger partial charge in [-0.1, -0.05) is 38.1 Å². The van der Waals surface area contributed by atoms with E-state index >= 15 is 0 Å². The van der Waals surface area contributed by atoms with E-state index in [4.69, 9.17) is 14.5 Å². The molecule has 36 heavy (non-hydrogen) atoms. The van der Waals surface area contributed by atoms with Crippen molar-refractivity contribution in [2.24, 2.45) is 0 Å². The van der Waals surface area contributed by atoms with Gasteiger partial charge in [-0.3, -0.25) is 4.79 Å². The Morgan fingerprint density at radius 1 is 1.03 bits per heavy atom. The Bertz CT molecular complexity index is 1310. The van der Waals surface area contributed by atoms with Crippen molar-refractivity contribution in [3.8, 4) is 11.5 Å². The highest BCUT2D eigenvalue weighted by Gasteiger charge is 2.13. The quantitative estimate of drug-likeness (QED) is 0.255. The molecule has 0 radical (unpaired) electrons. The van der Waals surface area contributed by atoms with Crippen molar-refractivity contribution in [2.45, 2.75) is 52.6 Å². The van der Waals surface area contributed by atoms with Gasteiger partial charge in [-0.15, -0.1) is 0 Å². The minimum absolute atomic E-state index is 0.135. The van der Waals surface area contributed by atoms with E-state index in [0.717, 1.165) is 47.7 Å². The molecule has 1 amide bonds. The van der Waals surface area contributed by atoms with E-state index in [1.807, 2.05) is 18.2 Å². The summed E-state index contributed by atoms with van der Waals surface area (Å²) >= 11 is 0. The summed E-state index contributed by atoms with van der Waals surface area (Å²) in [5.74, 6) is 2.84. The molecule has 1 aromatic heterocycles. The van der Waals surface area contributed by atoms with Crippen LogP contribution in [0, 0.1) is 6.92 Å². The number of hydrogen-bond acceptors (Lipinski definition) is 4. The topological polar surface area (TPSA) is 65.4 Å². The number of imidazole rings is 1. The molecule has 0 saturated heterocycles. The molecule has 4 aromatic rings. The van der Waals surface area contributed by atoms with Gasteiger partial charge in [0.2, 0.25) is 0 Å². The van der Waals surface area contributed by atoms with E-state index in [1.165, 1.54) is 11.1 Å². The first-order valence-corrected chi connectivity index (χ1v) is 12.6. The molecule has 0 saturated carbocycles. The third kappa shape index (κ3) is 6.06. The summed E-state index contributed by atoms with van der Waals surface area (Å²) in [6.45, 7) is 8.31. The third-order valence-corrected chi connectivity index (χ3v) is 6.32. The Hall–Kier alpha value is -3.80. The summed E-state index contributed by atoms with van der Waals surface area (Å²) in [4.78, 5) is 17.5. The fraction of sp³-hybridized carbons (Fsp3) is 0.333. The summed E-state index contributed by atoms with van der Waals surface area (Å²) in [6, 6.07) is 21.6. The van der Waals surface area contributed by atoms with Crippen LogP contribution >= 0.6 is 0 Å². The van der Waals surface area contributed by atoms with E-state index < -0.39 is 0 Å². The number of hydrogen-bond donors (Lipinski definition) is 1. The van der Waals surface area contributed by atoms with Crippen LogP contribution in [-0.2, 0) is 13.1 Å². The summed E-state index contributed by atoms with van der Waals surface area (Å²) in [7, 11) is 1.61. The molecule has 4 rings (SSSR count). The van der Waals surface area contributed by atoms with Crippen molar-refractivity contribution in [1.29, 1.82) is 0 Å². The highest BCUT2D eigenvalue weighted by molar-refractivity contribution is 5.94. The lowest BCUT2D eigenvalue weighted by Gasteiger charge is -2.15. The number of fused-ring (bicyclic) bond motifs is 1. The molecule has 188 valence electrons. The number of amides is 1. The molecule has 0 aliphatic heterocycles. The number of aryl methyl sites for hydroxylation is 2. The molecule has 0 aliphatic rings. The SMILES string of the molecule is COc1ccc(C(=O)NCc2nc3ccccc3n2CCCCOc2cc(C)ccc2C(C)C)cc1. The smallest absolute Gasteiger partial charge is 0.251 e. The Morgan fingerprint density at radius 3 is 2.56 bits per heavy atom. The Morgan fingerprint density at radius 2 is 1.81 bits per heavy atom. The predicted molar refractivity (Wildman–Crippen MR) is 144 cm³/mol. The lowest BCUT2D eigenvalue weighted by atomic mass is 10.0. The first-order valence-electron chi connectivity index (χ1n) is 12.6. The average molecular weight is 486 g/mol. The van der Waals surface area contributed by atoms with Gasteiger partial charge >= 0.3 is 0 Å². The van der Waals surface area contributed by atoms with E-state index in [2.05, 4.69) is 54.9 Å². The standard InChI is InChI=1S/C30H35N3O3/c1-21(2)25-16-11-22(3)19-28(25)36-18-8-7-17-33-27-10-6-5-9-26(27)32-29(33)20-31-30(34)23-12-14-24(35-4)15-13-23/h5-6,9-16,19,21H,7-8,17-18,20H2,1-4H3,(H,31,34). The minimum Gasteiger partial charge on any atom is -0.497 e. The van der Waals surface area contributed by atoms with Crippen LogP contribution in [0.15, 0.2) is 66.7 Å². The van der Waals surface area contributed by atoms with Gasteiger partial charge in [0.1, 0.15) is 17.3 Å². The van der Waals surface area contributed by atoms with E-state index in [1.54, 1.807) is 31.4 Å². The van der Waals surface area contributed by atoms with E-state index in [-0.39, 0.29) is 5.91 Å². The number of methoxy groups -OCH3 is 1.